The monoisotopic (exact) mass is 323 g/mol. The average molecular weight is 323 g/mol. The number of rotatable bonds is 8. The van der Waals surface area contributed by atoms with Gasteiger partial charge in [-0.3, -0.25) is 4.99 Å². The minimum absolute atomic E-state index is 0.331. The summed E-state index contributed by atoms with van der Waals surface area (Å²) in [6.45, 7) is 7.67. The van der Waals surface area contributed by atoms with Crippen molar-refractivity contribution in [2.24, 2.45) is 4.99 Å². The first-order valence-electron chi connectivity index (χ1n) is 7.89. The Morgan fingerprint density at radius 1 is 1.09 bits per heavy atom. The Morgan fingerprint density at radius 2 is 1.70 bits per heavy atom. The van der Waals surface area contributed by atoms with Crippen LogP contribution in [0.4, 0.5) is 0 Å². The minimum Gasteiger partial charge on any atom is -0.496 e. The van der Waals surface area contributed by atoms with E-state index in [-0.39, 0.29) is 0 Å². The molecule has 0 radical (unpaired) electrons. The number of hydrogen-bond donors (Lipinski definition) is 2. The zero-order valence-electron chi connectivity index (χ0n) is 15.0. The lowest BCUT2D eigenvalue weighted by atomic mass is 10.1. The maximum atomic E-state index is 5.46. The minimum atomic E-state index is 0.331. The number of nitrogens with one attached hydrogen (secondary N) is 2. The molecule has 0 saturated carbocycles. The van der Waals surface area contributed by atoms with Crippen molar-refractivity contribution in [3.63, 3.8) is 0 Å². The molecule has 0 spiro atoms. The van der Waals surface area contributed by atoms with E-state index in [0.29, 0.717) is 24.8 Å². The third-order valence-corrected chi connectivity index (χ3v) is 3.22. The number of benzene rings is 1. The quantitative estimate of drug-likeness (QED) is 0.567. The fourth-order valence-corrected chi connectivity index (χ4v) is 2.20. The lowest BCUT2D eigenvalue weighted by molar-refractivity contribution is 0.369. The van der Waals surface area contributed by atoms with E-state index in [2.05, 4.69) is 29.5 Å². The van der Waals surface area contributed by atoms with Crippen LogP contribution in [0.15, 0.2) is 17.1 Å². The van der Waals surface area contributed by atoms with Crippen LogP contribution in [-0.4, -0.2) is 46.4 Å². The van der Waals surface area contributed by atoms with Gasteiger partial charge in [0.05, 0.1) is 21.3 Å². The Labute approximate surface area is 139 Å². The summed E-state index contributed by atoms with van der Waals surface area (Å²) in [7, 11) is 4.91. The van der Waals surface area contributed by atoms with E-state index in [9.17, 15) is 0 Å². The van der Waals surface area contributed by atoms with E-state index < -0.39 is 0 Å². The van der Waals surface area contributed by atoms with Gasteiger partial charge >= 0.3 is 0 Å². The Morgan fingerprint density at radius 3 is 2.13 bits per heavy atom. The van der Waals surface area contributed by atoms with Crippen molar-refractivity contribution in [1.29, 1.82) is 0 Å². The van der Waals surface area contributed by atoms with Crippen LogP contribution < -0.4 is 24.8 Å². The van der Waals surface area contributed by atoms with Crippen LogP contribution in [0.2, 0.25) is 0 Å². The van der Waals surface area contributed by atoms with Gasteiger partial charge in [0, 0.05) is 36.8 Å². The molecule has 23 heavy (non-hydrogen) atoms. The second kappa shape index (κ2) is 9.82. The zero-order chi connectivity index (χ0) is 17.2. The van der Waals surface area contributed by atoms with Gasteiger partial charge in [0.1, 0.15) is 17.2 Å². The van der Waals surface area contributed by atoms with Crippen molar-refractivity contribution in [2.45, 2.75) is 33.2 Å². The fraction of sp³-hybridized carbons (Fsp3) is 0.588. The predicted octanol–water partition coefficient (Wildman–Crippen LogP) is 2.22. The predicted molar refractivity (Wildman–Crippen MR) is 94.1 cm³/mol. The van der Waals surface area contributed by atoms with E-state index in [1.165, 1.54) is 0 Å². The van der Waals surface area contributed by atoms with Crippen molar-refractivity contribution in [3.8, 4) is 17.2 Å². The van der Waals surface area contributed by atoms with E-state index in [4.69, 9.17) is 14.2 Å². The normalized spacial score (nSPS) is 11.3. The highest BCUT2D eigenvalue weighted by Crippen LogP contribution is 2.34. The van der Waals surface area contributed by atoms with Crippen LogP contribution in [0, 0.1) is 0 Å². The molecular formula is C17H29N3O3. The lowest BCUT2D eigenvalue weighted by Gasteiger charge is -2.16. The highest BCUT2D eigenvalue weighted by atomic mass is 16.5. The van der Waals surface area contributed by atoms with Gasteiger partial charge < -0.3 is 24.8 Å². The topological polar surface area (TPSA) is 64.1 Å². The number of guanidine groups is 1. The van der Waals surface area contributed by atoms with Crippen molar-refractivity contribution in [3.05, 3.63) is 17.7 Å². The summed E-state index contributed by atoms with van der Waals surface area (Å²) < 4.78 is 16.2. The Hall–Kier alpha value is -2.11. The molecule has 0 saturated heterocycles. The summed E-state index contributed by atoms with van der Waals surface area (Å²) in [6.07, 6.45) is 0.713. The molecule has 1 aromatic carbocycles. The van der Waals surface area contributed by atoms with Gasteiger partial charge in [0.25, 0.3) is 0 Å². The summed E-state index contributed by atoms with van der Waals surface area (Å²) in [5.74, 6) is 3.02. The van der Waals surface area contributed by atoms with Gasteiger partial charge in [0.15, 0.2) is 5.96 Å². The van der Waals surface area contributed by atoms with E-state index in [1.807, 2.05) is 19.1 Å². The molecule has 0 fully saturated rings. The molecule has 0 atom stereocenters. The summed E-state index contributed by atoms with van der Waals surface area (Å²) >= 11 is 0. The van der Waals surface area contributed by atoms with Crippen molar-refractivity contribution >= 4 is 5.96 Å². The van der Waals surface area contributed by atoms with Gasteiger partial charge in [-0.15, -0.1) is 0 Å². The second-order valence-electron chi connectivity index (χ2n) is 5.32. The molecule has 6 heteroatoms. The summed E-state index contributed by atoms with van der Waals surface area (Å²) in [5.41, 5.74) is 0.986. The standard InChI is InChI=1S/C17H29N3O3/c1-7-18-17(20-12(2)3)19-9-8-14-15(22-5)10-13(21-4)11-16(14)23-6/h10-12H,7-9H2,1-6H3,(H2,18,19,20). The summed E-state index contributed by atoms with van der Waals surface area (Å²) in [4.78, 5) is 4.59. The smallest absolute Gasteiger partial charge is 0.191 e. The molecule has 0 bridgehead atoms. The molecule has 6 nitrogen and oxygen atoms in total. The van der Waals surface area contributed by atoms with Gasteiger partial charge in [-0.05, 0) is 27.2 Å². The van der Waals surface area contributed by atoms with Crippen molar-refractivity contribution in [2.75, 3.05) is 34.4 Å². The van der Waals surface area contributed by atoms with Crippen LogP contribution in [0.3, 0.4) is 0 Å². The van der Waals surface area contributed by atoms with Crippen molar-refractivity contribution in [1.82, 2.24) is 10.6 Å². The van der Waals surface area contributed by atoms with Crippen LogP contribution >= 0.6 is 0 Å². The van der Waals surface area contributed by atoms with Crippen LogP contribution in [0.1, 0.15) is 26.3 Å². The van der Waals surface area contributed by atoms with Crippen LogP contribution in [0.5, 0.6) is 17.2 Å². The first-order chi connectivity index (χ1) is 11.0. The molecular weight excluding hydrogens is 294 g/mol. The molecule has 0 amide bonds. The number of nitrogens with zero attached hydrogens (tertiary/aromatic N) is 1. The molecule has 0 aromatic heterocycles. The summed E-state index contributed by atoms with van der Waals surface area (Å²) in [6, 6.07) is 4.05. The number of aliphatic imine (C=N–C) groups is 1. The highest BCUT2D eigenvalue weighted by Gasteiger charge is 2.13. The number of hydrogen-bond acceptors (Lipinski definition) is 4. The third kappa shape index (κ3) is 5.88. The largest absolute Gasteiger partial charge is 0.496 e. The van der Waals surface area contributed by atoms with E-state index in [1.54, 1.807) is 21.3 Å². The fourth-order valence-electron chi connectivity index (χ4n) is 2.20. The van der Waals surface area contributed by atoms with E-state index >= 15 is 0 Å². The van der Waals surface area contributed by atoms with Crippen molar-refractivity contribution < 1.29 is 14.2 Å². The SMILES string of the molecule is CCNC(=NCCc1c(OC)cc(OC)cc1OC)NC(C)C. The first kappa shape index (κ1) is 18.9. The highest BCUT2D eigenvalue weighted by molar-refractivity contribution is 5.80. The molecule has 130 valence electrons. The van der Waals surface area contributed by atoms with Crippen LogP contribution in [-0.2, 0) is 6.42 Å². The Balaban J connectivity index is 2.90. The zero-order valence-corrected chi connectivity index (χ0v) is 15.0. The molecule has 0 aliphatic carbocycles. The number of ether oxygens (including phenoxy) is 3. The van der Waals surface area contributed by atoms with Gasteiger partial charge in [-0.25, -0.2) is 0 Å². The molecule has 0 aliphatic heterocycles. The maximum absolute atomic E-state index is 5.46. The average Bonchev–Trinajstić information content (AvgIpc) is 2.54. The molecule has 2 N–H and O–H groups in total. The number of methoxy groups -OCH3 is 3. The van der Waals surface area contributed by atoms with Gasteiger partial charge in [-0.1, -0.05) is 0 Å². The molecule has 0 heterocycles. The first-order valence-corrected chi connectivity index (χ1v) is 7.89. The van der Waals surface area contributed by atoms with Gasteiger partial charge in [0.2, 0.25) is 0 Å². The van der Waals surface area contributed by atoms with Gasteiger partial charge in [-0.2, -0.15) is 0 Å². The molecule has 1 rings (SSSR count). The van der Waals surface area contributed by atoms with Crippen LogP contribution in [0.25, 0.3) is 0 Å². The maximum Gasteiger partial charge on any atom is 0.191 e. The molecule has 0 unspecified atom stereocenters. The Bertz CT molecular complexity index is 491. The van der Waals surface area contributed by atoms with E-state index in [0.717, 1.165) is 29.6 Å². The Kier molecular flexibility index (Phi) is 8.08. The second-order valence-corrected chi connectivity index (χ2v) is 5.32. The lowest BCUT2D eigenvalue weighted by Crippen LogP contribution is -2.41. The molecule has 1 aromatic rings. The molecule has 0 aliphatic rings. The summed E-state index contributed by atoms with van der Waals surface area (Å²) in [5, 5.41) is 6.53. The third-order valence-electron chi connectivity index (χ3n) is 3.22.